The zero-order chi connectivity index (χ0) is 21.7. The van der Waals surface area contributed by atoms with Crippen molar-refractivity contribution in [2.75, 3.05) is 12.3 Å². The Morgan fingerprint density at radius 3 is 0.806 bits per heavy atom. The summed E-state index contributed by atoms with van der Waals surface area (Å²) in [4.78, 5) is 0. The van der Waals surface area contributed by atoms with E-state index in [0.717, 1.165) is 0 Å². The van der Waals surface area contributed by atoms with Crippen molar-refractivity contribution in [3.63, 3.8) is 0 Å². The standard InChI is InChI=1S/C26H24P2.2ClH.Ru/c1-5-13-23(14-6-1)27(24-15-7-2-8-16-24)21-22-28(25-17-9-3-10-18-25)26-19-11-4-12-20-26;;;/h1-20H,21-22H2;2*1H;/q;;;+2/p-2. The van der Waals surface area contributed by atoms with Crippen molar-refractivity contribution in [3.05, 3.63) is 121 Å². The van der Waals surface area contributed by atoms with Gasteiger partial charge in [-0.25, -0.2) is 0 Å². The van der Waals surface area contributed by atoms with Crippen molar-refractivity contribution in [2.45, 2.75) is 0 Å². The molecule has 5 heteroatoms. The zero-order valence-corrected chi connectivity index (χ0v) is 22.0. The fourth-order valence-electron chi connectivity index (χ4n) is 3.45. The summed E-state index contributed by atoms with van der Waals surface area (Å²) in [5.41, 5.74) is 0. The number of benzene rings is 4. The van der Waals surface area contributed by atoms with Gasteiger partial charge in [0.25, 0.3) is 0 Å². The Morgan fingerprint density at radius 2 is 0.613 bits per heavy atom. The maximum absolute atomic E-state index is 4.85. The van der Waals surface area contributed by atoms with Crippen LogP contribution in [0.15, 0.2) is 121 Å². The molecule has 0 saturated carbocycles. The number of halogens is 2. The third-order valence-corrected chi connectivity index (χ3v) is 10.2. The number of rotatable bonds is 7. The molecule has 0 aliphatic heterocycles. The van der Waals surface area contributed by atoms with Crippen LogP contribution in [0.2, 0.25) is 0 Å². The molecule has 4 aromatic carbocycles. The van der Waals surface area contributed by atoms with Crippen molar-refractivity contribution in [3.8, 4) is 0 Å². The van der Waals surface area contributed by atoms with E-state index in [0.29, 0.717) is 0 Å². The van der Waals surface area contributed by atoms with Crippen molar-refractivity contribution < 1.29 is 15.1 Å². The molecule has 4 rings (SSSR count). The summed E-state index contributed by atoms with van der Waals surface area (Å²) in [5.74, 6) is 0. The fraction of sp³-hybridized carbons (Fsp3) is 0.0769. The van der Waals surface area contributed by atoms with E-state index in [-0.39, 0.29) is 31.0 Å². The van der Waals surface area contributed by atoms with Crippen molar-refractivity contribution in [2.24, 2.45) is 0 Å². The van der Waals surface area contributed by atoms with Crippen LogP contribution in [0, 0.1) is 0 Å². The van der Waals surface area contributed by atoms with Crippen LogP contribution in [0.25, 0.3) is 0 Å². The first-order valence-corrected chi connectivity index (χ1v) is 17.5. The minimum atomic E-state index is -0.348. The van der Waals surface area contributed by atoms with E-state index in [1.807, 2.05) is 0 Å². The van der Waals surface area contributed by atoms with Gasteiger partial charge >= 0.3 is 34.5 Å². The molecule has 0 aliphatic rings. The molecule has 0 N–H and O–H groups in total. The minimum Gasteiger partial charge on any atom is -0.0622 e. The second kappa shape index (κ2) is 14.2. The Morgan fingerprint density at radius 1 is 0.419 bits per heavy atom. The van der Waals surface area contributed by atoms with Gasteiger partial charge in [0.15, 0.2) is 0 Å². The Kier molecular flexibility index (Phi) is 11.2. The molecule has 31 heavy (non-hydrogen) atoms. The van der Waals surface area contributed by atoms with Gasteiger partial charge in [-0.3, -0.25) is 0 Å². The monoisotopic (exact) mass is 570 g/mol. The van der Waals surface area contributed by atoms with Crippen LogP contribution in [0.1, 0.15) is 0 Å². The van der Waals surface area contributed by atoms with E-state index in [2.05, 4.69) is 121 Å². The topological polar surface area (TPSA) is 0 Å². The van der Waals surface area contributed by atoms with Gasteiger partial charge < -0.3 is 0 Å². The van der Waals surface area contributed by atoms with Gasteiger partial charge in [-0.15, -0.1) is 0 Å². The van der Waals surface area contributed by atoms with Gasteiger partial charge in [0, 0.05) is 0 Å². The largest absolute Gasteiger partial charge is 0.0622 e. The molecule has 0 atom stereocenters. The number of hydrogen-bond acceptors (Lipinski definition) is 0. The molecule has 0 radical (unpaired) electrons. The Labute approximate surface area is 204 Å². The summed E-state index contributed by atoms with van der Waals surface area (Å²) in [7, 11) is 9.01. The van der Waals surface area contributed by atoms with Gasteiger partial charge in [-0.2, -0.15) is 0 Å². The number of hydrogen-bond donors (Lipinski definition) is 0. The summed E-state index contributed by atoms with van der Waals surface area (Å²) >= 11 is -0.346. The first-order valence-electron chi connectivity index (χ1n) is 9.94. The van der Waals surface area contributed by atoms with Crippen LogP contribution in [-0.2, 0) is 15.1 Å². The average molecular weight is 570 g/mol. The van der Waals surface area contributed by atoms with Gasteiger partial charge in [0.2, 0.25) is 0 Å². The molecule has 160 valence electrons. The third-order valence-electron chi connectivity index (χ3n) is 4.82. The summed E-state index contributed by atoms with van der Waals surface area (Å²) in [6.45, 7) is 0. The minimum absolute atomic E-state index is 0.346. The van der Waals surface area contributed by atoms with Gasteiger partial charge in [-0.05, 0) is 49.4 Å². The molecule has 0 saturated heterocycles. The van der Waals surface area contributed by atoms with E-state index >= 15 is 0 Å². The summed E-state index contributed by atoms with van der Waals surface area (Å²) < 4.78 is 0. The molecule has 0 spiro atoms. The second-order valence-electron chi connectivity index (χ2n) is 6.70. The first-order chi connectivity index (χ1) is 15.3. The molecule has 0 nitrogen and oxygen atoms in total. The molecule has 0 unspecified atom stereocenters. The van der Waals surface area contributed by atoms with Crippen LogP contribution in [-0.4, -0.2) is 12.3 Å². The van der Waals surface area contributed by atoms with Crippen molar-refractivity contribution in [1.82, 2.24) is 0 Å². The van der Waals surface area contributed by atoms with Crippen molar-refractivity contribution in [1.29, 1.82) is 0 Å². The molecule has 0 amide bonds. The first kappa shape index (κ1) is 24.6. The molecular weight excluding hydrogens is 546 g/mol. The molecule has 0 fully saturated rings. The Hall–Kier alpha value is -1.06. The Bertz CT molecular complexity index is 825. The van der Waals surface area contributed by atoms with Gasteiger partial charge in [-0.1, -0.05) is 121 Å². The van der Waals surface area contributed by atoms with Crippen molar-refractivity contribution >= 4 is 56.4 Å². The molecule has 0 heterocycles. The van der Waals surface area contributed by atoms with E-state index in [9.17, 15) is 0 Å². The summed E-state index contributed by atoms with van der Waals surface area (Å²) in [5, 5.41) is 5.89. The zero-order valence-electron chi connectivity index (χ0n) is 17.0. The summed E-state index contributed by atoms with van der Waals surface area (Å²) in [6.07, 6.45) is 2.41. The average Bonchev–Trinajstić information content (AvgIpc) is 2.85. The van der Waals surface area contributed by atoms with Crippen LogP contribution < -0.4 is 21.2 Å². The molecule has 0 aromatic heterocycles. The van der Waals surface area contributed by atoms with Gasteiger partial charge in [0.05, 0.1) is 0 Å². The third kappa shape index (κ3) is 7.79. The van der Waals surface area contributed by atoms with Crippen LogP contribution in [0.5, 0.6) is 0 Å². The van der Waals surface area contributed by atoms with Crippen LogP contribution in [0.4, 0.5) is 0 Å². The SMILES string of the molecule is [Cl][Ru][Cl].c1ccc(P(CCP(c2ccccc2)c2ccccc2)c2ccccc2)cc1. The van der Waals surface area contributed by atoms with Crippen LogP contribution in [0.3, 0.4) is 0 Å². The quantitative estimate of drug-likeness (QED) is 0.173. The smallest absolute Gasteiger partial charge is 0.0195 e. The molecule has 0 aliphatic carbocycles. The van der Waals surface area contributed by atoms with Crippen LogP contribution >= 0.6 is 35.2 Å². The predicted molar refractivity (Wildman–Crippen MR) is 140 cm³/mol. The maximum atomic E-state index is 4.85. The summed E-state index contributed by atoms with van der Waals surface area (Å²) in [6, 6.07) is 44.2. The molecular formula is C26H24Cl2P2Ru. The van der Waals surface area contributed by atoms with E-state index in [1.54, 1.807) is 0 Å². The van der Waals surface area contributed by atoms with E-state index < -0.39 is 0 Å². The van der Waals surface area contributed by atoms with Gasteiger partial charge in [0.1, 0.15) is 0 Å². The van der Waals surface area contributed by atoms with E-state index in [4.69, 9.17) is 19.4 Å². The molecule has 0 bridgehead atoms. The fourth-order valence-corrected chi connectivity index (χ4v) is 8.80. The normalized spacial score (nSPS) is 10.7. The second-order valence-corrected chi connectivity index (χ2v) is 14.0. The molecule has 4 aromatic rings. The maximum Gasteiger partial charge on any atom is -0.0195 e. The predicted octanol–water partition coefficient (Wildman–Crippen LogP) is 6.63. The van der Waals surface area contributed by atoms with E-state index in [1.165, 1.54) is 33.5 Å². The Balaban J connectivity index is 0.000000858.